The van der Waals surface area contributed by atoms with Crippen molar-refractivity contribution >= 4 is 23.2 Å². The van der Waals surface area contributed by atoms with Gasteiger partial charge in [-0.25, -0.2) is 0 Å². The van der Waals surface area contributed by atoms with Gasteiger partial charge >= 0.3 is 0 Å². The van der Waals surface area contributed by atoms with E-state index in [1.165, 1.54) is 32.0 Å². The second-order valence-corrected chi connectivity index (χ2v) is 6.14. The fraction of sp³-hybridized carbons (Fsp3) is 0.615. The van der Waals surface area contributed by atoms with Gasteiger partial charge in [-0.05, 0) is 37.0 Å². The van der Waals surface area contributed by atoms with Crippen LogP contribution in [0, 0.1) is 17.8 Å². The van der Waals surface area contributed by atoms with Crippen LogP contribution in [0.2, 0.25) is 5.15 Å². The number of hydrogen-bond donors (Lipinski definition) is 1. The summed E-state index contributed by atoms with van der Waals surface area (Å²) in [7, 11) is 0. The maximum Gasteiger partial charge on any atom is 0.255 e. The van der Waals surface area contributed by atoms with Crippen molar-refractivity contribution in [2.45, 2.75) is 25.7 Å². The molecular weight excluding hydrogens is 262 g/mol. The number of aromatic nitrogens is 4. The molecular formula is C13H16ClN5. The van der Waals surface area contributed by atoms with Gasteiger partial charge in [-0.2, -0.15) is 19.6 Å². The van der Waals surface area contributed by atoms with E-state index in [-0.39, 0.29) is 0 Å². The fourth-order valence-electron chi connectivity index (χ4n) is 3.77. The molecule has 2 aromatic heterocycles. The third-order valence-corrected chi connectivity index (χ3v) is 4.84. The van der Waals surface area contributed by atoms with Crippen molar-refractivity contribution in [3.63, 3.8) is 0 Å². The van der Waals surface area contributed by atoms with E-state index in [2.05, 4.69) is 20.4 Å². The maximum atomic E-state index is 6.01. The molecule has 0 saturated heterocycles. The molecule has 2 bridgehead atoms. The third-order valence-electron chi connectivity index (χ3n) is 4.65. The molecule has 3 atom stereocenters. The first kappa shape index (κ1) is 11.5. The summed E-state index contributed by atoms with van der Waals surface area (Å²) in [5.41, 5.74) is 0. The molecule has 2 heterocycles. The lowest BCUT2D eigenvalue weighted by Gasteiger charge is -2.22. The van der Waals surface area contributed by atoms with Gasteiger partial charge in [0.2, 0.25) is 0 Å². The Kier molecular flexibility index (Phi) is 2.62. The predicted octanol–water partition coefficient (Wildman–Crippen LogP) is 2.63. The lowest BCUT2D eigenvalue weighted by Crippen LogP contribution is -2.21. The number of nitrogens with zero attached hydrogens (tertiary/aromatic N) is 4. The topological polar surface area (TPSA) is 55.1 Å². The second-order valence-electron chi connectivity index (χ2n) is 5.75. The van der Waals surface area contributed by atoms with Gasteiger partial charge in [0, 0.05) is 12.6 Å². The van der Waals surface area contributed by atoms with Crippen LogP contribution in [0.1, 0.15) is 25.7 Å². The van der Waals surface area contributed by atoms with Crippen LogP contribution in [0.4, 0.5) is 5.82 Å². The molecule has 2 aliphatic rings. The zero-order chi connectivity index (χ0) is 12.8. The van der Waals surface area contributed by atoms with Gasteiger partial charge in [0.1, 0.15) is 17.3 Å². The number of fused-ring (bicyclic) bond motifs is 3. The van der Waals surface area contributed by atoms with Crippen LogP contribution in [0.3, 0.4) is 0 Å². The Morgan fingerprint density at radius 2 is 2.32 bits per heavy atom. The minimum absolute atomic E-state index is 0.455. The van der Waals surface area contributed by atoms with E-state index in [0.29, 0.717) is 10.9 Å². The Bertz CT molecular complexity index is 610. The van der Waals surface area contributed by atoms with E-state index >= 15 is 0 Å². The normalized spacial score (nSPS) is 29.2. The zero-order valence-electron chi connectivity index (χ0n) is 10.6. The molecule has 100 valence electrons. The lowest BCUT2D eigenvalue weighted by molar-refractivity contribution is 0.348. The maximum absolute atomic E-state index is 6.01. The van der Waals surface area contributed by atoms with E-state index in [0.717, 1.165) is 30.1 Å². The second kappa shape index (κ2) is 4.34. The Morgan fingerprint density at radius 1 is 1.37 bits per heavy atom. The number of hydrogen-bond acceptors (Lipinski definition) is 4. The summed E-state index contributed by atoms with van der Waals surface area (Å²) >= 11 is 6.01. The van der Waals surface area contributed by atoms with Crippen LogP contribution in [-0.2, 0) is 0 Å². The minimum atomic E-state index is 0.455. The lowest BCUT2D eigenvalue weighted by atomic mass is 9.89. The van der Waals surface area contributed by atoms with E-state index in [4.69, 9.17) is 11.6 Å². The van der Waals surface area contributed by atoms with Gasteiger partial charge in [0.05, 0.1) is 0 Å². The highest BCUT2D eigenvalue weighted by Gasteiger charge is 2.39. The molecule has 0 radical (unpaired) electrons. The number of anilines is 1. The average Bonchev–Trinajstić information content (AvgIpc) is 3.10. The highest BCUT2D eigenvalue weighted by molar-refractivity contribution is 6.29. The predicted molar refractivity (Wildman–Crippen MR) is 73.2 cm³/mol. The van der Waals surface area contributed by atoms with E-state index in [1.807, 2.05) is 6.07 Å². The van der Waals surface area contributed by atoms with Gasteiger partial charge < -0.3 is 5.32 Å². The molecule has 2 aliphatic carbocycles. The standard InChI is InChI=1S/C13H16ClN5/c14-11-5-12(19-13(18-11)16-7-17-19)15-6-10-4-8-1-2-9(10)3-8/h5,7-10,15H,1-4,6H2. The van der Waals surface area contributed by atoms with Crippen LogP contribution in [0.5, 0.6) is 0 Å². The Hall–Kier alpha value is -1.36. The van der Waals surface area contributed by atoms with Crippen LogP contribution in [0.25, 0.3) is 5.78 Å². The monoisotopic (exact) mass is 277 g/mol. The molecule has 2 aromatic rings. The molecule has 0 aliphatic heterocycles. The summed E-state index contributed by atoms with van der Waals surface area (Å²) in [4.78, 5) is 8.20. The first-order valence-corrected chi connectivity index (χ1v) is 7.27. The zero-order valence-corrected chi connectivity index (χ0v) is 11.3. The Labute approximate surface area is 116 Å². The largest absolute Gasteiger partial charge is 0.370 e. The van der Waals surface area contributed by atoms with Crippen molar-refractivity contribution in [1.82, 2.24) is 19.6 Å². The molecule has 4 rings (SSSR count). The van der Waals surface area contributed by atoms with Crippen molar-refractivity contribution in [3.05, 3.63) is 17.5 Å². The van der Waals surface area contributed by atoms with Crippen molar-refractivity contribution < 1.29 is 0 Å². The Balaban J connectivity index is 1.53. The van der Waals surface area contributed by atoms with E-state index in [9.17, 15) is 0 Å². The van der Waals surface area contributed by atoms with Crippen LogP contribution < -0.4 is 5.32 Å². The Morgan fingerprint density at radius 3 is 3.11 bits per heavy atom. The van der Waals surface area contributed by atoms with Crippen molar-refractivity contribution in [1.29, 1.82) is 0 Å². The highest BCUT2D eigenvalue weighted by atomic mass is 35.5. The average molecular weight is 278 g/mol. The van der Waals surface area contributed by atoms with Crippen LogP contribution >= 0.6 is 11.6 Å². The molecule has 3 unspecified atom stereocenters. The van der Waals surface area contributed by atoms with Gasteiger partial charge in [-0.3, -0.25) is 0 Å². The molecule has 0 amide bonds. The fourth-order valence-corrected chi connectivity index (χ4v) is 3.95. The van der Waals surface area contributed by atoms with Crippen molar-refractivity contribution in [2.24, 2.45) is 17.8 Å². The first-order chi connectivity index (χ1) is 9.29. The highest BCUT2D eigenvalue weighted by Crippen LogP contribution is 2.48. The molecule has 19 heavy (non-hydrogen) atoms. The molecule has 0 aromatic carbocycles. The number of rotatable bonds is 3. The summed E-state index contributed by atoms with van der Waals surface area (Å²) in [5, 5.41) is 8.11. The summed E-state index contributed by atoms with van der Waals surface area (Å²) in [6, 6.07) is 1.82. The number of nitrogens with one attached hydrogen (secondary N) is 1. The minimum Gasteiger partial charge on any atom is -0.370 e. The molecule has 2 saturated carbocycles. The quantitative estimate of drug-likeness (QED) is 0.877. The van der Waals surface area contributed by atoms with Crippen LogP contribution in [-0.4, -0.2) is 26.1 Å². The first-order valence-electron chi connectivity index (χ1n) is 6.90. The summed E-state index contributed by atoms with van der Waals surface area (Å²) < 4.78 is 1.71. The van der Waals surface area contributed by atoms with Gasteiger partial charge in [-0.15, -0.1) is 0 Å². The smallest absolute Gasteiger partial charge is 0.255 e. The third kappa shape index (κ3) is 1.96. The molecule has 2 fully saturated rings. The summed E-state index contributed by atoms with van der Waals surface area (Å²) in [6.07, 6.45) is 7.16. The molecule has 0 spiro atoms. The van der Waals surface area contributed by atoms with Gasteiger partial charge in [0.25, 0.3) is 5.78 Å². The molecule has 5 nitrogen and oxygen atoms in total. The van der Waals surface area contributed by atoms with Crippen LogP contribution in [0.15, 0.2) is 12.4 Å². The van der Waals surface area contributed by atoms with Gasteiger partial charge in [-0.1, -0.05) is 18.0 Å². The summed E-state index contributed by atoms with van der Waals surface area (Å²) in [6.45, 7) is 0.996. The van der Waals surface area contributed by atoms with Crippen molar-refractivity contribution in [3.8, 4) is 0 Å². The van der Waals surface area contributed by atoms with Crippen molar-refractivity contribution in [2.75, 3.05) is 11.9 Å². The number of halogens is 1. The molecule has 6 heteroatoms. The SMILES string of the molecule is Clc1cc(NCC2CC3CCC2C3)n2ncnc2n1. The van der Waals surface area contributed by atoms with E-state index in [1.54, 1.807) is 4.52 Å². The van der Waals surface area contributed by atoms with E-state index < -0.39 is 0 Å². The molecule has 1 N–H and O–H groups in total. The van der Waals surface area contributed by atoms with Gasteiger partial charge in [0.15, 0.2) is 0 Å². The summed E-state index contributed by atoms with van der Waals surface area (Å²) in [5.74, 6) is 4.12.